The lowest BCUT2D eigenvalue weighted by Gasteiger charge is -2.00. The Morgan fingerprint density at radius 1 is 1.00 bits per heavy atom. The standard InChI is InChI=1S/C7H9NO2.C6H3N3O7/c1-2-10-7-3-5-8(9)6-4-7;10-6-4(8(13)14)1-3(7(11)12)2-5(6)9(15)16/h3-6H,2H2,1H3;1-2,10H. The Kier molecular flexibility index (Phi) is 6.71. The van der Waals surface area contributed by atoms with Crippen LogP contribution in [-0.4, -0.2) is 26.5 Å². The van der Waals surface area contributed by atoms with Gasteiger partial charge in [-0.25, -0.2) is 0 Å². The van der Waals surface area contributed by atoms with Gasteiger partial charge in [-0.05, 0) is 6.92 Å². The molecule has 0 bridgehead atoms. The molecule has 0 unspecified atom stereocenters. The molecule has 1 aromatic heterocycles. The van der Waals surface area contributed by atoms with E-state index in [0.29, 0.717) is 18.7 Å². The van der Waals surface area contributed by atoms with Crippen LogP contribution >= 0.6 is 0 Å². The van der Waals surface area contributed by atoms with E-state index in [4.69, 9.17) is 9.84 Å². The van der Waals surface area contributed by atoms with Crippen molar-refractivity contribution >= 4 is 17.1 Å². The van der Waals surface area contributed by atoms with Gasteiger partial charge in [0.2, 0.25) is 0 Å². The second kappa shape index (κ2) is 8.72. The van der Waals surface area contributed by atoms with Gasteiger partial charge in [-0.1, -0.05) is 0 Å². The third-order valence-corrected chi connectivity index (χ3v) is 2.74. The lowest BCUT2D eigenvalue weighted by atomic mass is 10.2. The number of non-ortho nitro benzene ring substituents is 1. The van der Waals surface area contributed by atoms with Crippen LogP contribution in [0.2, 0.25) is 0 Å². The van der Waals surface area contributed by atoms with Crippen molar-refractivity contribution in [2.24, 2.45) is 0 Å². The van der Waals surface area contributed by atoms with Crippen LogP contribution in [0, 0.1) is 35.6 Å². The second-order valence-corrected chi connectivity index (χ2v) is 4.43. The average Bonchev–Trinajstić information content (AvgIpc) is 2.57. The van der Waals surface area contributed by atoms with E-state index in [1.54, 1.807) is 12.1 Å². The molecule has 13 nitrogen and oxygen atoms in total. The van der Waals surface area contributed by atoms with Gasteiger partial charge in [-0.15, -0.1) is 0 Å². The van der Waals surface area contributed by atoms with E-state index in [9.17, 15) is 35.6 Å². The minimum Gasteiger partial charge on any atom is -0.619 e. The summed E-state index contributed by atoms with van der Waals surface area (Å²) in [5.41, 5.74) is -3.00. The first-order valence-electron chi connectivity index (χ1n) is 6.79. The summed E-state index contributed by atoms with van der Waals surface area (Å²) in [4.78, 5) is 27.8. The van der Waals surface area contributed by atoms with Crippen molar-refractivity contribution in [1.29, 1.82) is 0 Å². The van der Waals surface area contributed by atoms with Gasteiger partial charge in [0.25, 0.3) is 11.4 Å². The molecule has 13 heteroatoms. The number of phenols is 1. The molecule has 138 valence electrons. The lowest BCUT2D eigenvalue weighted by molar-refractivity contribution is -0.605. The molecule has 1 aromatic carbocycles. The van der Waals surface area contributed by atoms with Gasteiger partial charge in [0.1, 0.15) is 5.75 Å². The number of nitro benzene ring substituents is 3. The fourth-order valence-electron chi connectivity index (χ4n) is 1.64. The van der Waals surface area contributed by atoms with Crippen LogP contribution in [0.25, 0.3) is 0 Å². The van der Waals surface area contributed by atoms with Crippen LogP contribution in [0.15, 0.2) is 36.7 Å². The summed E-state index contributed by atoms with van der Waals surface area (Å²) in [6.45, 7) is 2.53. The predicted molar refractivity (Wildman–Crippen MR) is 84.6 cm³/mol. The Balaban J connectivity index is 0.000000289. The summed E-state index contributed by atoms with van der Waals surface area (Å²) in [5.74, 6) is -0.477. The van der Waals surface area contributed by atoms with Gasteiger partial charge in [-0.3, -0.25) is 30.3 Å². The molecule has 2 aromatic rings. The Bertz CT molecular complexity index is 788. The number of aromatic hydroxyl groups is 1. The average molecular weight is 368 g/mol. The number of pyridine rings is 1. The molecule has 0 atom stereocenters. The molecule has 26 heavy (non-hydrogen) atoms. The maximum Gasteiger partial charge on any atom is 0.324 e. The Morgan fingerprint density at radius 2 is 1.46 bits per heavy atom. The number of phenolic OH excluding ortho intramolecular Hbond substituents is 1. The summed E-state index contributed by atoms with van der Waals surface area (Å²) < 4.78 is 5.83. The number of hydrogen-bond acceptors (Lipinski definition) is 9. The van der Waals surface area contributed by atoms with E-state index in [1.807, 2.05) is 6.92 Å². The number of benzene rings is 1. The third-order valence-electron chi connectivity index (χ3n) is 2.74. The number of ether oxygens (including phenoxy) is 1. The Labute approximate surface area is 144 Å². The highest BCUT2D eigenvalue weighted by Crippen LogP contribution is 2.38. The maximum atomic E-state index is 10.5. The molecular weight excluding hydrogens is 356 g/mol. The van der Waals surface area contributed by atoms with Gasteiger partial charge in [0.05, 0.1) is 33.5 Å². The lowest BCUT2D eigenvalue weighted by Crippen LogP contribution is -2.23. The summed E-state index contributed by atoms with van der Waals surface area (Å²) in [7, 11) is 0. The highest BCUT2D eigenvalue weighted by atomic mass is 16.6. The predicted octanol–water partition coefficient (Wildman–Crippen LogP) is 1.84. The molecule has 0 saturated heterocycles. The molecule has 2 rings (SSSR count). The molecule has 0 radical (unpaired) electrons. The van der Waals surface area contributed by atoms with E-state index < -0.39 is 37.6 Å². The molecule has 0 aliphatic rings. The number of nitrogens with zero attached hydrogens (tertiary/aromatic N) is 4. The molecule has 0 aliphatic heterocycles. The smallest absolute Gasteiger partial charge is 0.324 e. The number of aromatic nitrogens is 1. The fourth-order valence-corrected chi connectivity index (χ4v) is 1.64. The molecule has 0 saturated carbocycles. The zero-order valence-electron chi connectivity index (χ0n) is 13.2. The Morgan fingerprint density at radius 3 is 1.81 bits per heavy atom. The number of hydrogen-bond donors (Lipinski definition) is 1. The monoisotopic (exact) mass is 368 g/mol. The van der Waals surface area contributed by atoms with Crippen LogP contribution in [0.5, 0.6) is 11.5 Å². The highest BCUT2D eigenvalue weighted by molar-refractivity contribution is 5.64. The van der Waals surface area contributed by atoms with Crippen LogP contribution in [-0.2, 0) is 0 Å². The summed E-state index contributed by atoms with van der Waals surface area (Å²) in [6, 6.07) is 4.16. The van der Waals surface area contributed by atoms with E-state index in [-0.39, 0.29) is 0 Å². The van der Waals surface area contributed by atoms with Crippen LogP contribution in [0.1, 0.15) is 6.92 Å². The number of nitro groups is 3. The van der Waals surface area contributed by atoms with Gasteiger partial charge in [0, 0.05) is 12.1 Å². The van der Waals surface area contributed by atoms with Crippen molar-refractivity contribution in [1.82, 2.24) is 0 Å². The van der Waals surface area contributed by atoms with E-state index in [1.165, 1.54) is 12.4 Å². The minimum atomic E-state index is -1.21. The quantitative estimate of drug-likeness (QED) is 0.355. The summed E-state index contributed by atoms with van der Waals surface area (Å²) in [5, 5.41) is 50.7. The molecule has 0 fully saturated rings. The van der Waals surface area contributed by atoms with Crippen molar-refractivity contribution in [3.05, 3.63) is 72.2 Å². The largest absolute Gasteiger partial charge is 0.619 e. The first kappa shape index (κ1) is 20.0. The topological polar surface area (TPSA) is 186 Å². The number of rotatable bonds is 5. The van der Waals surface area contributed by atoms with Crippen molar-refractivity contribution in [3.63, 3.8) is 0 Å². The van der Waals surface area contributed by atoms with E-state index >= 15 is 0 Å². The second-order valence-electron chi connectivity index (χ2n) is 4.43. The molecule has 0 amide bonds. The van der Waals surface area contributed by atoms with Crippen molar-refractivity contribution in [3.8, 4) is 11.5 Å². The molecule has 1 N–H and O–H groups in total. The van der Waals surface area contributed by atoms with E-state index in [0.717, 1.165) is 10.5 Å². The first-order chi connectivity index (χ1) is 12.2. The van der Waals surface area contributed by atoms with E-state index in [2.05, 4.69) is 0 Å². The van der Waals surface area contributed by atoms with Gasteiger partial charge >= 0.3 is 11.4 Å². The Hall–Kier alpha value is -4.03. The molecule has 0 aliphatic carbocycles. The fraction of sp³-hybridized carbons (Fsp3) is 0.154. The van der Waals surface area contributed by atoms with Crippen LogP contribution in [0.4, 0.5) is 17.1 Å². The van der Waals surface area contributed by atoms with Crippen molar-refractivity contribution < 1.29 is 29.3 Å². The van der Waals surface area contributed by atoms with Crippen molar-refractivity contribution in [2.45, 2.75) is 6.92 Å². The third kappa shape index (κ3) is 5.26. The first-order valence-corrected chi connectivity index (χ1v) is 6.79. The molecule has 1 heterocycles. The summed E-state index contributed by atoms with van der Waals surface area (Å²) in [6.07, 6.45) is 2.82. The van der Waals surface area contributed by atoms with Gasteiger partial charge < -0.3 is 15.1 Å². The highest BCUT2D eigenvalue weighted by Gasteiger charge is 2.30. The van der Waals surface area contributed by atoms with Crippen molar-refractivity contribution in [2.75, 3.05) is 6.61 Å². The minimum absolute atomic E-state index is 0.447. The normalized spacial score (nSPS) is 9.58. The summed E-state index contributed by atoms with van der Waals surface area (Å²) >= 11 is 0. The molecular formula is C13H12N4O9. The van der Waals surface area contributed by atoms with Crippen LogP contribution < -0.4 is 9.47 Å². The van der Waals surface area contributed by atoms with Crippen LogP contribution in [0.3, 0.4) is 0 Å². The SMILES string of the molecule is CCOc1cc[n+]([O-])cc1.O=[N+]([O-])c1cc([N+](=O)[O-])c(O)c([N+](=O)[O-])c1. The molecule has 0 spiro atoms. The zero-order valence-corrected chi connectivity index (χ0v) is 13.2. The zero-order chi connectivity index (χ0) is 19.9. The maximum absolute atomic E-state index is 10.5. The van der Waals surface area contributed by atoms with Gasteiger partial charge in [-0.2, -0.15) is 4.73 Å². The van der Waals surface area contributed by atoms with Gasteiger partial charge in [0.15, 0.2) is 12.4 Å².